The zero-order chi connectivity index (χ0) is 25.7. The van der Waals surface area contributed by atoms with Crippen molar-refractivity contribution in [2.75, 3.05) is 6.61 Å². The van der Waals surface area contributed by atoms with E-state index >= 15 is 0 Å². The van der Waals surface area contributed by atoms with Crippen molar-refractivity contribution in [1.29, 1.82) is 0 Å². The Morgan fingerprint density at radius 1 is 1.14 bits per heavy atom. The van der Waals surface area contributed by atoms with Gasteiger partial charge in [0.1, 0.15) is 12.0 Å². The summed E-state index contributed by atoms with van der Waals surface area (Å²) in [5.74, 6) is 1.58. The molecule has 10 nitrogen and oxygen atoms in total. The first-order valence-electron chi connectivity index (χ1n) is 11.2. The summed E-state index contributed by atoms with van der Waals surface area (Å²) in [5, 5.41) is 15.7. The van der Waals surface area contributed by atoms with Gasteiger partial charge in [-0.05, 0) is 55.3 Å². The summed E-state index contributed by atoms with van der Waals surface area (Å²) in [6.45, 7) is 4.23. The lowest BCUT2D eigenvalue weighted by Gasteiger charge is -2.12. The number of nitro groups is 1. The van der Waals surface area contributed by atoms with Crippen LogP contribution in [0.25, 0.3) is 10.9 Å². The van der Waals surface area contributed by atoms with Gasteiger partial charge in [-0.3, -0.25) is 14.9 Å². The Hall–Kier alpha value is -4.12. The van der Waals surface area contributed by atoms with Crippen molar-refractivity contribution in [3.63, 3.8) is 0 Å². The van der Waals surface area contributed by atoms with Crippen molar-refractivity contribution >= 4 is 38.7 Å². The van der Waals surface area contributed by atoms with Gasteiger partial charge in [0.05, 0.1) is 28.6 Å². The number of benzene rings is 2. The highest BCUT2D eigenvalue weighted by Gasteiger charge is 2.12. The summed E-state index contributed by atoms with van der Waals surface area (Å²) in [6, 6.07) is 13.3. The fraction of sp³-hybridized carbons (Fsp3) is 0.200. The van der Waals surface area contributed by atoms with Gasteiger partial charge in [-0.2, -0.15) is 9.78 Å². The molecule has 0 bridgehead atoms. The van der Waals surface area contributed by atoms with E-state index in [1.165, 1.54) is 16.8 Å². The summed E-state index contributed by atoms with van der Waals surface area (Å²) in [6.07, 6.45) is 4.08. The molecular formula is C25H22BrN5O5. The molecule has 0 saturated carbocycles. The van der Waals surface area contributed by atoms with E-state index in [9.17, 15) is 14.9 Å². The number of hydrogen-bond acceptors (Lipinski definition) is 8. The third-order valence-electron chi connectivity index (χ3n) is 5.08. The molecular weight excluding hydrogens is 530 g/mol. The first kappa shape index (κ1) is 25.0. The van der Waals surface area contributed by atoms with Gasteiger partial charge in [0.2, 0.25) is 5.88 Å². The van der Waals surface area contributed by atoms with Crippen LogP contribution < -0.4 is 15.0 Å². The molecule has 0 aliphatic rings. The van der Waals surface area contributed by atoms with E-state index in [4.69, 9.17) is 9.47 Å². The molecule has 0 atom stereocenters. The van der Waals surface area contributed by atoms with E-state index in [0.29, 0.717) is 46.8 Å². The molecule has 0 amide bonds. The second-order valence-electron chi connectivity index (χ2n) is 7.65. The third kappa shape index (κ3) is 5.57. The third-order valence-corrected chi connectivity index (χ3v) is 5.58. The molecule has 2 aromatic carbocycles. The largest absolute Gasteiger partial charge is 0.490 e. The number of nitrogens with zero attached hydrogens (tertiary/aromatic N) is 5. The van der Waals surface area contributed by atoms with Gasteiger partial charge in [-0.1, -0.05) is 22.9 Å². The number of aryl methyl sites for hydroxylation is 1. The van der Waals surface area contributed by atoms with Crippen LogP contribution >= 0.6 is 15.9 Å². The highest BCUT2D eigenvalue weighted by molar-refractivity contribution is 9.10. The Bertz CT molecular complexity index is 1500. The van der Waals surface area contributed by atoms with Crippen molar-refractivity contribution in [2.45, 2.75) is 26.7 Å². The minimum absolute atomic E-state index is 0.132. The number of pyridine rings is 1. The van der Waals surface area contributed by atoms with Gasteiger partial charge in [-0.15, -0.1) is 0 Å². The molecule has 184 valence electrons. The van der Waals surface area contributed by atoms with E-state index in [-0.39, 0.29) is 17.1 Å². The minimum Gasteiger partial charge on any atom is -0.490 e. The van der Waals surface area contributed by atoms with Crippen LogP contribution in [0.5, 0.6) is 17.4 Å². The van der Waals surface area contributed by atoms with Gasteiger partial charge in [0.15, 0.2) is 11.5 Å². The second kappa shape index (κ2) is 11.1. The summed E-state index contributed by atoms with van der Waals surface area (Å²) < 4.78 is 13.6. The predicted octanol–water partition coefficient (Wildman–Crippen LogP) is 5.49. The number of fused-ring (bicyclic) bond motifs is 1. The highest BCUT2D eigenvalue weighted by atomic mass is 79.9. The Morgan fingerprint density at radius 3 is 2.67 bits per heavy atom. The van der Waals surface area contributed by atoms with Gasteiger partial charge < -0.3 is 9.47 Å². The predicted molar refractivity (Wildman–Crippen MR) is 139 cm³/mol. The second-order valence-corrected chi connectivity index (χ2v) is 8.57. The Balaban J connectivity index is 1.67. The van der Waals surface area contributed by atoms with Crippen molar-refractivity contribution in [3.05, 3.63) is 91.1 Å². The van der Waals surface area contributed by atoms with Crippen LogP contribution in [0.2, 0.25) is 0 Å². The standard InChI is InChI=1S/C25H22BrN5O5/c1-3-5-23-29-20-9-7-17(26)13-19(20)25(32)30(23)28-14-16-6-10-21(22(12-16)35-4-2)36-24-11-8-18(15-27-24)31(33)34/h6-15H,3-5H2,1-2H3. The van der Waals surface area contributed by atoms with Crippen LogP contribution in [0.3, 0.4) is 0 Å². The SMILES string of the molecule is CCCc1nc2ccc(Br)cc2c(=O)n1N=Cc1ccc(Oc2ccc([N+](=O)[O-])cn2)c(OCC)c1. The molecule has 36 heavy (non-hydrogen) atoms. The quantitative estimate of drug-likeness (QED) is 0.153. The number of rotatable bonds is 9. The van der Waals surface area contributed by atoms with Gasteiger partial charge in [0.25, 0.3) is 11.2 Å². The van der Waals surface area contributed by atoms with Crippen molar-refractivity contribution in [1.82, 2.24) is 14.6 Å². The van der Waals surface area contributed by atoms with Crippen molar-refractivity contribution in [2.24, 2.45) is 5.10 Å². The summed E-state index contributed by atoms with van der Waals surface area (Å²) in [5.41, 5.74) is 0.909. The summed E-state index contributed by atoms with van der Waals surface area (Å²) in [7, 11) is 0. The topological polar surface area (TPSA) is 122 Å². The van der Waals surface area contributed by atoms with Gasteiger partial charge in [-0.25, -0.2) is 9.97 Å². The molecule has 0 spiro atoms. The Labute approximate surface area is 214 Å². The van der Waals surface area contributed by atoms with E-state index in [1.807, 2.05) is 19.9 Å². The van der Waals surface area contributed by atoms with Crippen LogP contribution in [0, 0.1) is 10.1 Å². The van der Waals surface area contributed by atoms with Crippen LogP contribution in [0.15, 0.2) is 69.1 Å². The molecule has 0 N–H and O–H groups in total. The molecule has 4 rings (SSSR count). The zero-order valence-corrected chi connectivity index (χ0v) is 21.1. The van der Waals surface area contributed by atoms with E-state index < -0.39 is 4.92 Å². The maximum atomic E-state index is 13.2. The summed E-state index contributed by atoms with van der Waals surface area (Å²) in [4.78, 5) is 32.1. The lowest BCUT2D eigenvalue weighted by molar-refractivity contribution is -0.385. The highest BCUT2D eigenvalue weighted by Crippen LogP contribution is 2.32. The lowest BCUT2D eigenvalue weighted by atomic mass is 10.2. The van der Waals surface area contributed by atoms with Crippen LogP contribution in [0.4, 0.5) is 5.69 Å². The zero-order valence-electron chi connectivity index (χ0n) is 19.6. The maximum Gasteiger partial charge on any atom is 0.287 e. The average Bonchev–Trinajstić information content (AvgIpc) is 2.86. The van der Waals surface area contributed by atoms with Crippen molar-refractivity contribution in [3.8, 4) is 17.4 Å². The fourth-order valence-electron chi connectivity index (χ4n) is 3.43. The van der Waals surface area contributed by atoms with Gasteiger partial charge in [0, 0.05) is 23.0 Å². The first-order valence-corrected chi connectivity index (χ1v) is 12.0. The smallest absolute Gasteiger partial charge is 0.287 e. The molecule has 4 aromatic rings. The molecule has 2 heterocycles. The number of aromatic nitrogens is 3. The van der Waals surface area contributed by atoms with Crippen LogP contribution in [-0.4, -0.2) is 32.4 Å². The van der Waals surface area contributed by atoms with Crippen molar-refractivity contribution < 1.29 is 14.4 Å². The molecule has 2 aromatic heterocycles. The number of hydrogen-bond donors (Lipinski definition) is 0. The maximum absolute atomic E-state index is 13.2. The monoisotopic (exact) mass is 551 g/mol. The van der Waals surface area contributed by atoms with Gasteiger partial charge >= 0.3 is 0 Å². The molecule has 0 unspecified atom stereocenters. The Morgan fingerprint density at radius 2 is 1.97 bits per heavy atom. The Kier molecular flexibility index (Phi) is 7.69. The van der Waals surface area contributed by atoms with Crippen LogP contribution in [0.1, 0.15) is 31.7 Å². The molecule has 11 heteroatoms. The molecule has 0 aliphatic heterocycles. The lowest BCUT2D eigenvalue weighted by Crippen LogP contribution is -2.22. The molecule has 0 radical (unpaired) electrons. The number of halogens is 1. The fourth-order valence-corrected chi connectivity index (χ4v) is 3.80. The van der Waals surface area contributed by atoms with E-state index in [2.05, 4.69) is 31.0 Å². The molecule has 0 aliphatic carbocycles. The number of ether oxygens (including phenoxy) is 2. The average molecular weight is 552 g/mol. The van der Waals surface area contributed by atoms with Crippen LogP contribution in [-0.2, 0) is 6.42 Å². The molecule has 0 saturated heterocycles. The minimum atomic E-state index is -0.530. The van der Waals surface area contributed by atoms with E-state index in [0.717, 1.165) is 17.1 Å². The van der Waals surface area contributed by atoms with E-state index in [1.54, 1.807) is 36.5 Å². The first-order chi connectivity index (χ1) is 17.4. The molecule has 0 fully saturated rings. The normalized spacial score (nSPS) is 11.2. The summed E-state index contributed by atoms with van der Waals surface area (Å²) >= 11 is 3.40.